The van der Waals surface area contributed by atoms with Crippen LogP contribution in [0.4, 0.5) is 0 Å². The van der Waals surface area contributed by atoms with E-state index in [4.69, 9.17) is 5.11 Å². The van der Waals surface area contributed by atoms with E-state index in [9.17, 15) is 14.4 Å². The quantitative estimate of drug-likeness (QED) is 0.402. The van der Waals surface area contributed by atoms with Gasteiger partial charge in [0.25, 0.3) is 0 Å². The van der Waals surface area contributed by atoms with E-state index in [0.717, 1.165) is 6.66 Å². The minimum Gasteiger partial charge on any atom is -0.798 e. The van der Waals surface area contributed by atoms with Gasteiger partial charge in [0.2, 0.25) is 0 Å². The van der Waals surface area contributed by atoms with Gasteiger partial charge in [-0.3, -0.25) is 0 Å². The molecule has 3 unspecified atom stereocenters. The van der Waals surface area contributed by atoms with E-state index in [1.54, 1.807) is 0 Å². The van der Waals surface area contributed by atoms with Crippen LogP contribution in [0.25, 0.3) is 0 Å². The first-order valence-corrected chi connectivity index (χ1v) is 6.95. The van der Waals surface area contributed by atoms with Gasteiger partial charge in [-0.2, -0.15) is 0 Å². The van der Waals surface area contributed by atoms with Crippen molar-refractivity contribution in [1.82, 2.24) is 0 Å². The van der Waals surface area contributed by atoms with Gasteiger partial charge in [0, 0.05) is 21.6 Å². The van der Waals surface area contributed by atoms with Crippen LogP contribution in [0.5, 0.6) is 0 Å². The minimum absolute atomic E-state index is 0. The summed E-state index contributed by atoms with van der Waals surface area (Å²) in [6, 6.07) is 0. The number of rotatable bonds is 3. The molecule has 0 aliphatic carbocycles. The normalized spacial score (nSPS) is 19.2. The smallest absolute Gasteiger partial charge is 0.798 e. The maximum Gasteiger partial charge on any atom is 1.00 e. The van der Waals surface area contributed by atoms with Crippen LogP contribution in [0.3, 0.4) is 0 Å². The fourth-order valence-corrected chi connectivity index (χ4v) is 1.59. The van der Waals surface area contributed by atoms with Crippen molar-refractivity contribution in [3.8, 4) is 0 Å². The molecule has 12 heavy (non-hydrogen) atoms. The molecule has 7 heteroatoms. The van der Waals surface area contributed by atoms with E-state index < -0.39 is 21.0 Å². The second-order valence-corrected chi connectivity index (χ2v) is 6.22. The third-order valence-corrected chi connectivity index (χ3v) is 3.13. The first kappa shape index (κ1) is 16.4. The van der Waals surface area contributed by atoms with Gasteiger partial charge in [-0.1, -0.05) is 0 Å². The van der Waals surface area contributed by atoms with Crippen molar-refractivity contribution >= 4 is 20.9 Å². The Balaban J connectivity index is 0. The SMILES string of the molecule is C[P+]([O-])=CCC(O)P(C)(=O)[O-].[K+]. The van der Waals surface area contributed by atoms with E-state index in [0.29, 0.717) is 0 Å². The van der Waals surface area contributed by atoms with Gasteiger partial charge in [-0.15, -0.1) is 0 Å². The fraction of sp³-hybridized carbons (Fsp3) is 0.800. The van der Waals surface area contributed by atoms with Crippen molar-refractivity contribution in [3.63, 3.8) is 0 Å². The number of hydrogen-bond acceptors (Lipinski definition) is 4. The van der Waals surface area contributed by atoms with Crippen molar-refractivity contribution in [2.45, 2.75) is 12.3 Å². The van der Waals surface area contributed by atoms with Gasteiger partial charge in [0.05, 0.1) is 12.5 Å². The van der Waals surface area contributed by atoms with E-state index in [-0.39, 0.29) is 57.8 Å². The summed E-state index contributed by atoms with van der Waals surface area (Å²) in [5.74, 6) is -0.0879. The summed E-state index contributed by atoms with van der Waals surface area (Å²) in [5.41, 5.74) is 0. The zero-order valence-corrected chi connectivity index (χ0v) is 12.3. The van der Waals surface area contributed by atoms with Gasteiger partial charge in [0.15, 0.2) is 0 Å². The van der Waals surface area contributed by atoms with Crippen LogP contribution in [0.1, 0.15) is 6.42 Å². The Morgan fingerprint density at radius 1 is 1.75 bits per heavy atom. The Morgan fingerprint density at radius 2 is 2.17 bits per heavy atom. The maximum atomic E-state index is 10.6. The zero-order chi connectivity index (χ0) is 9.07. The summed E-state index contributed by atoms with van der Waals surface area (Å²) < 4.78 is 10.6. The standard InChI is InChI=1S/C5H12O4P2.K/c1-10(7)4-3-5(6)11(2,8)9;/h4-6H,3H2,1-2H3,(H,8,9);/q;+1/p-1. The first-order valence-electron chi connectivity index (χ1n) is 3.03. The van der Waals surface area contributed by atoms with E-state index in [1.165, 1.54) is 12.5 Å². The first-order chi connectivity index (χ1) is 4.84. The summed E-state index contributed by atoms with van der Waals surface area (Å²) in [6.07, 6.45) is -0.0526. The Labute approximate surface area is 116 Å². The molecule has 0 saturated heterocycles. The Bertz CT molecular complexity index is 196. The average molecular weight is 236 g/mol. The molecule has 66 valence electrons. The molecule has 0 aromatic heterocycles. The predicted octanol–water partition coefficient (Wildman–Crippen LogP) is -3.84. The summed E-state index contributed by atoms with van der Waals surface area (Å²) in [6.45, 7) is 2.42. The van der Waals surface area contributed by atoms with Crippen LogP contribution < -0.4 is 61.2 Å². The molecule has 0 heterocycles. The molecule has 0 fully saturated rings. The molecule has 4 nitrogen and oxygen atoms in total. The molecule has 0 aliphatic heterocycles. The maximum absolute atomic E-state index is 10.6. The van der Waals surface area contributed by atoms with E-state index in [2.05, 4.69) is 0 Å². The van der Waals surface area contributed by atoms with Crippen LogP contribution in [0.15, 0.2) is 0 Å². The zero-order valence-electron chi connectivity index (χ0n) is 7.43. The van der Waals surface area contributed by atoms with Crippen LogP contribution in [0.2, 0.25) is 0 Å². The molecule has 0 amide bonds. The van der Waals surface area contributed by atoms with Crippen molar-refractivity contribution in [1.29, 1.82) is 0 Å². The van der Waals surface area contributed by atoms with E-state index in [1.807, 2.05) is 0 Å². The van der Waals surface area contributed by atoms with Crippen molar-refractivity contribution in [3.05, 3.63) is 0 Å². The molecule has 0 aliphatic rings. The van der Waals surface area contributed by atoms with Crippen LogP contribution >= 0.6 is 15.1 Å². The molecule has 0 spiro atoms. The predicted molar refractivity (Wildman–Crippen MR) is 43.1 cm³/mol. The number of aliphatic hydroxyl groups excluding tert-OH is 1. The Hall–Kier alpha value is 1.92. The minimum atomic E-state index is -3.67. The van der Waals surface area contributed by atoms with Gasteiger partial charge in [0.1, 0.15) is 5.85 Å². The molecule has 0 bridgehead atoms. The van der Waals surface area contributed by atoms with E-state index >= 15 is 0 Å². The molecule has 0 rings (SSSR count). The largest absolute Gasteiger partial charge is 1.00 e. The van der Waals surface area contributed by atoms with Gasteiger partial charge in [-0.25, -0.2) is 0 Å². The van der Waals surface area contributed by atoms with Gasteiger partial charge >= 0.3 is 51.4 Å². The summed E-state index contributed by atoms with van der Waals surface area (Å²) in [7, 11) is -5.14. The molecule has 0 saturated carbocycles. The summed E-state index contributed by atoms with van der Waals surface area (Å²) in [5, 5.41) is 8.90. The molecule has 0 radical (unpaired) electrons. The molecule has 0 aromatic rings. The molecular formula is C5H11KO4P2. The van der Waals surface area contributed by atoms with Crippen LogP contribution in [-0.4, -0.2) is 30.1 Å². The third-order valence-electron chi connectivity index (χ3n) is 1.11. The molecule has 0 aromatic carbocycles. The van der Waals surface area contributed by atoms with Gasteiger partial charge < -0.3 is 19.5 Å². The van der Waals surface area contributed by atoms with Crippen molar-refractivity contribution in [2.24, 2.45) is 0 Å². The van der Waals surface area contributed by atoms with Crippen molar-refractivity contribution < 1.29 is 70.8 Å². The molecular weight excluding hydrogens is 225 g/mol. The topological polar surface area (TPSA) is 83.4 Å². The second-order valence-electron chi connectivity index (χ2n) is 2.35. The number of aliphatic hydroxyl groups is 1. The monoisotopic (exact) mass is 236 g/mol. The molecule has 1 N–H and O–H groups in total. The number of hydrogen-bond donors (Lipinski definition) is 1. The van der Waals surface area contributed by atoms with Crippen LogP contribution in [0, 0.1) is 0 Å². The third kappa shape index (κ3) is 8.51. The Kier molecular flexibility index (Phi) is 9.86. The van der Waals surface area contributed by atoms with Crippen LogP contribution in [-0.2, 0) is 4.57 Å². The summed E-state index contributed by atoms with van der Waals surface area (Å²) >= 11 is 0. The van der Waals surface area contributed by atoms with Gasteiger partial charge in [-0.05, 0) is 6.66 Å². The second kappa shape index (κ2) is 7.24. The fourth-order valence-electron chi connectivity index (χ4n) is 0.434. The Morgan fingerprint density at radius 3 is 2.42 bits per heavy atom. The average Bonchev–Trinajstić information content (AvgIpc) is 1.80. The summed E-state index contributed by atoms with van der Waals surface area (Å²) in [4.78, 5) is 21.1. The van der Waals surface area contributed by atoms with Crippen molar-refractivity contribution in [2.75, 3.05) is 13.3 Å². The molecule has 3 atom stereocenters.